The third-order valence-corrected chi connectivity index (χ3v) is 2.88. The third kappa shape index (κ3) is 6.43. The van der Waals surface area contributed by atoms with Crippen molar-refractivity contribution >= 4 is 5.97 Å². The molecule has 1 aromatic carbocycles. The van der Waals surface area contributed by atoms with E-state index in [4.69, 9.17) is 4.74 Å². The first kappa shape index (κ1) is 14.7. The summed E-state index contributed by atoms with van der Waals surface area (Å²) in [5.41, 5.74) is 0.608. The lowest BCUT2D eigenvalue weighted by atomic mass is 10.1. The number of carbonyl (C=O) groups is 1. The van der Waals surface area contributed by atoms with E-state index in [9.17, 15) is 4.79 Å². The second-order valence-electron chi connectivity index (χ2n) is 4.49. The maximum atomic E-state index is 11.6. The molecule has 0 aliphatic rings. The van der Waals surface area contributed by atoms with E-state index in [0.717, 1.165) is 12.8 Å². The molecule has 0 unspecified atom stereocenters. The van der Waals surface area contributed by atoms with Crippen molar-refractivity contribution < 1.29 is 9.53 Å². The Bertz CT molecular complexity index is 319. The topological polar surface area (TPSA) is 26.3 Å². The molecule has 18 heavy (non-hydrogen) atoms. The van der Waals surface area contributed by atoms with Crippen LogP contribution in [0.15, 0.2) is 30.3 Å². The molecule has 0 spiro atoms. The van der Waals surface area contributed by atoms with Gasteiger partial charge < -0.3 is 4.74 Å². The molecule has 0 heterocycles. The molecular formula is C16H23O2. The van der Waals surface area contributed by atoms with E-state index in [-0.39, 0.29) is 5.97 Å². The molecule has 0 aliphatic carbocycles. The predicted octanol–water partition coefficient (Wildman–Crippen LogP) is 4.76. The fraction of sp³-hybridized carbons (Fsp3) is 0.500. The number of ether oxygens (including phenoxy) is 1. The average molecular weight is 247 g/mol. The van der Waals surface area contributed by atoms with Gasteiger partial charge in [-0.2, -0.15) is 0 Å². The Hall–Kier alpha value is -1.31. The van der Waals surface area contributed by atoms with E-state index in [1.807, 2.05) is 18.2 Å². The first-order valence-electron chi connectivity index (χ1n) is 6.92. The largest absolute Gasteiger partial charge is 0.455 e. The van der Waals surface area contributed by atoms with Crippen molar-refractivity contribution in [1.82, 2.24) is 0 Å². The van der Waals surface area contributed by atoms with Gasteiger partial charge in [0.05, 0.1) is 5.56 Å². The zero-order chi connectivity index (χ0) is 13.1. The van der Waals surface area contributed by atoms with Crippen LogP contribution in [0.1, 0.15) is 62.2 Å². The number of benzene rings is 1. The Kier molecular flexibility index (Phi) is 7.94. The minimum absolute atomic E-state index is 0.262. The van der Waals surface area contributed by atoms with Gasteiger partial charge in [-0.05, 0) is 25.0 Å². The summed E-state index contributed by atoms with van der Waals surface area (Å²) >= 11 is 0. The molecule has 0 fully saturated rings. The van der Waals surface area contributed by atoms with Crippen LogP contribution < -0.4 is 0 Å². The van der Waals surface area contributed by atoms with Crippen molar-refractivity contribution in [2.75, 3.05) is 0 Å². The van der Waals surface area contributed by atoms with Gasteiger partial charge in [-0.15, -0.1) is 0 Å². The SMILES string of the molecule is CCCCCCCC[CH]OC(=O)c1ccccc1. The Morgan fingerprint density at radius 3 is 2.44 bits per heavy atom. The minimum atomic E-state index is -0.262. The van der Waals surface area contributed by atoms with E-state index >= 15 is 0 Å². The molecule has 2 heteroatoms. The monoisotopic (exact) mass is 247 g/mol. The smallest absolute Gasteiger partial charge is 0.338 e. The van der Waals surface area contributed by atoms with Crippen LogP contribution in [0.5, 0.6) is 0 Å². The van der Waals surface area contributed by atoms with Gasteiger partial charge in [0.1, 0.15) is 6.61 Å². The normalized spacial score (nSPS) is 10.3. The van der Waals surface area contributed by atoms with E-state index in [0.29, 0.717) is 5.56 Å². The summed E-state index contributed by atoms with van der Waals surface area (Å²) in [6, 6.07) is 9.09. The number of esters is 1. The Labute approximate surface area is 110 Å². The second-order valence-corrected chi connectivity index (χ2v) is 4.49. The number of carbonyl (C=O) groups excluding carboxylic acids is 1. The van der Waals surface area contributed by atoms with Gasteiger partial charge in [-0.1, -0.05) is 57.2 Å². The molecule has 0 bridgehead atoms. The Morgan fingerprint density at radius 2 is 1.72 bits per heavy atom. The summed E-state index contributed by atoms with van der Waals surface area (Å²) in [6.45, 7) is 3.85. The van der Waals surface area contributed by atoms with Gasteiger partial charge >= 0.3 is 5.97 Å². The van der Waals surface area contributed by atoms with Crippen LogP contribution >= 0.6 is 0 Å². The van der Waals surface area contributed by atoms with Gasteiger partial charge in [0.2, 0.25) is 0 Å². The highest BCUT2D eigenvalue weighted by Gasteiger charge is 2.05. The van der Waals surface area contributed by atoms with Gasteiger partial charge in [-0.3, -0.25) is 0 Å². The lowest BCUT2D eigenvalue weighted by Crippen LogP contribution is -2.02. The van der Waals surface area contributed by atoms with Crippen molar-refractivity contribution in [3.05, 3.63) is 42.5 Å². The summed E-state index contributed by atoms with van der Waals surface area (Å²) in [5.74, 6) is -0.262. The van der Waals surface area contributed by atoms with Crippen LogP contribution in [0.4, 0.5) is 0 Å². The Morgan fingerprint density at radius 1 is 1.06 bits per heavy atom. The third-order valence-electron chi connectivity index (χ3n) is 2.88. The van der Waals surface area contributed by atoms with Gasteiger partial charge in [0, 0.05) is 0 Å². The summed E-state index contributed by atoms with van der Waals surface area (Å²) in [5, 5.41) is 0. The predicted molar refractivity (Wildman–Crippen MR) is 74.2 cm³/mol. The van der Waals surface area contributed by atoms with Crippen molar-refractivity contribution in [2.24, 2.45) is 0 Å². The molecule has 0 aromatic heterocycles. The number of hydrogen-bond acceptors (Lipinski definition) is 2. The van der Waals surface area contributed by atoms with Crippen LogP contribution in [0.3, 0.4) is 0 Å². The van der Waals surface area contributed by atoms with Gasteiger partial charge in [-0.25, -0.2) is 4.79 Å². The van der Waals surface area contributed by atoms with Crippen molar-refractivity contribution in [2.45, 2.75) is 51.9 Å². The molecule has 99 valence electrons. The molecule has 0 aliphatic heterocycles. The second kappa shape index (κ2) is 9.69. The molecular weight excluding hydrogens is 224 g/mol. The molecule has 0 saturated carbocycles. The molecule has 0 saturated heterocycles. The molecule has 1 aromatic rings. The zero-order valence-corrected chi connectivity index (χ0v) is 11.2. The summed E-state index contributed by atoms with van der Waals surface area (Å²) in [7, 11) is 0. The number of rotatable bonds is 9. The first-order chi connectivity index (χ1) is 8.84. The molecule has 0 atom stereocenters. The van der Waals surface area contributed by atoms with Gasteiger partial charge in [0.15, 0.2) is 0 Å². The molecule has 2 nitrogen and oxygen atoms in total. The maximum Gasteiger partial charge on any atom is 0.338 e. The molecule has 1 rings (SSSR count). The Balaban J connectivity index is 2.00. The highest BCUT2D eigenvalue weighted by Crippen LogP contribution is 2.09. The highest BCUT2D eigenvalue weighted by molar-refractivity contribution is 5.89. The fourth-order valence-electron chi connectivity index (χ4n) is 1.78. The lowest BCUT2D eigenvalue weighted by Gasteiger charge is -2.03. The maximum absolute atomic E-state index is 11.6. The molecule has 0 N–H and O–H groups in total. The van der Waals surface area contributed by atoms with Crippen LogP contribution in [-0.4, -0.2) is 5.97 Å². The zero-order valence-electron chi connectivity index (χ0n) is 11.2. The minimum Gasteiger partial charge on any atom is -0.455 e. The van der Waals surface area contributed by atoms with Crippen LogP contribution in [0, 0.1) is 6.61 Å². The average Bonchev–Trinajstić information content (AvgIpc) is 2.42. The van der Waals surface area contributed by atoms with Crippen molar-refractivity contribution in [3.8, 4) is 0 Å². The van der Waals surface area contributed by atoms with E-state index in [2.05, 4.69) is 6.92 Å². The highest BCUT2D eigenvalue weighted by atomic mass is 16.5. The van der Waals surface area contributed by atoms with E-state index < -0.39 is 0 Å². The first-order valence-corrected chi connectivity index (χ1v) is 6.92. The van der Waals surface area contributed by atoms with Gasteiger partial charge in [0.25, 0.3) is 0 Å². The van der Waals surface area contributed by atoms with Crippen LogP contribution in [-0.2, 0) is 4.74 Å². The summed E-state index contributed by atoms with van der Waals surface area (Å²) < 4.78 is 5.09. The summed E-state index contributed by atoms with van der Waals surface area (Å²) in [4.78, 5) is 11.6. The summed E-state index contributed by atoms with van der Waals surface area (Å²) in [6.07, 6.45) is 8.39. The quantitative estimate of drug-likeness (QED) is 0.464. The van der Waals surface area contributed by atoms with Crippen molar-refractivity contribution in [1.29, 1.82) is 0 Å². The molecule has 0 amide bonds. The fourth-order valence-corrected chi connectivity index (χ4v) is 1.78. The lowest BCUT2D eigenvalue weighted by molar-refractivity contribution is 0.0597. The van der Waals surface area contributed by atoms with Crippen LogP contribution in [0.2, 0.25) is 0 Å². The number of unbranched alkanes of at least 4 members (excludes halogenated alkanes) is 6. The van der Waals surface area contributed by atoms with E-state index in [1.165, 1.54) is 32.1 Å². The standard InChI is InChI=1S/C16H23O2/c1-2-3-4-5-6-7-11-14-18-16(17)15-12-9-8-10-13-15/h8-10,12-14H,2-7,11H2,1H3. The number of hydrogen-bond donors (Lipinski definition) is 0. The van der Waals surface area contributed by atoms with Crippen LogP contribution in [0.25, 0.3) is 0 Å². The molecule has 1 radical (unpaired) electrons. The van der Waals surface area contributed by atoms with E-state index in [1.54, 1.807) is 18.7 Å². The van der Waals surface area contributed by atoms with Crippen molar-refractivity contribution in [3.63, 3.8) is 0 Å².